The lowest BCUT2D eigenvalue weighted by atomic mass is 10.1. The summed E-state index contributed by atoms with van der Waals surface area (Å²) in [6.07, 6.45) is 1.68. The van der Waals surface area contributed by atoms with Gasteiger partial charge in [-0.2, -0.15) is 0 Å². The highest BCUT2D eigenvalue weighted by Gasteiger charge is 2.35. The van der Waals surface area contributed by atoms with Gasteiger partial charge >= 0.3 is 0 Å². The monoisotopic (exact) mass is 625 g/mol. The summed E-state index contributed by atoms with van der Waals surface area (Å²) in [5.41, 5.74) is 2.04. The summed E-state index contributed by atoms with van der Waals surface area (Å²) in [5, 5.41) is 1.86. The van der Waals surface area contributed by atoms with Crippen molar-refractivity contribution in [3.05, 3.63) is 115 Å². The lowest BCUT2D eigenvalue weighted by Crippen LogP contribution is -2.27. The van der Waals surface area contributed by atoms with Crippen LogP contribution >= 0.6 is 43.6 Å². The topological polar surface area (TPSA) is 46.6 Å². The minimum atomic E-state index is -0.333. The standard InChI is InChI=1S/C28H18Br2FNO3S/c29-22-12-18(13-23(30)26(22)35-16-21-7-3-4-8-24(21)31)14-25-27(33)32(28(34)36-25)15-17-9-10-19-5-1-2-6-20(19)11-17/h1-14H,15-16H2/b25-14-. The van der Waals surface area contributed by atoms with Crippen LogP contribution in [0.1, 0.15) is 16.7 Å². The van der Waals surface area contributed by atoms with Gasteiger partial charge in [0.25, 0.3) is 11.1 Å². The van der Waals surface area contributed by atoms with Crippen LogP contribution in [0.5, 0.6) is 5.75 Å². The number of halogens is 3. The van der Waals surface area contributed by atoms with E-state index in [2.05, 4.69) is 31.9 Å². The largest absolute Gasteiger partial charge is 0.486 e. The highest BCUT2D eigenvalue weighted by atomic mass is 79.9. The molecule has 1 saturated heterocycles. The van der Waals surface area contributed by atoms with Gasteiger partial charge in [-0.15, -0.1) is 0 Å². The molecule has 4 nitrogen and oxygen atoms in total. The lowest BCUT2D eigenvalue weighted by molar-refractivity contribution is -0.123. The first-order chi connectivity index (χ1) is 17.4. The number of ether oxygens (including phenoxy) is 1. The van der Waals surface area contributed by atoms with Gasteiger partial charge in [0.15, 0.2) is 0 Å². The summed E-state index contributed by atoms with van der Waals surface area (Å²) >= 11 is 7.91. The van der Waals surface area contributed by atoms with Gasteiger partial charge in [0.05, 0.1) is 20.4 Å². The van der Waals surface area contributed by atoms with Crippen LogP contribution in [-0.4, -0.2) is 16.0 Å². The molecule has 0 spiro atoms. The third kappa shape index (κ3) is 5.26. The van der Waals surface area contributed by atoms with Crippen molar-refractivity contribution in [3.8, 4) is 5.75 Å². The Morgan fingerprint density at radius 3 is 2.33 bits per heavy atom. The molecule has 1 heterocycles. The Morgan fingerprint density at radius 1 is 0.889 bits per heavy atom. The highest BCUT2D eigenvalue weighted by Crippen LogP contribution is 2.38. The van der Waals surface area contributed by atoms with E-state index in [0.717, 1.165) is 28.1 Å². The number of thioether (sulfide) groups is 1. The molecule has 36 heavy (non-hydrogen) atoms. The molecule has 0 atom stereocenters. The van der Waals surface area contributed by atoms with Crippen LogP contribution in [0.3, 0.4) is 0 Å². The molecule has 5 rings (SSSR count). The fraction of sp³-hybridized carbons (Fsp3) is 0.0714. The van der Waals surface area contributed by atoms with Crippen LogP contribution in [0.15, 0.2) is 92.7 Å². The van der Waals surface area contributed by atoms with Gasteiger partial charge in [0, 0.05) is 5.56 Å². The molecule has 0 aliphatic carbocycles. The van der Waals surface area contributed by atoms with E-state index in [-0.39, 0.29) is 30.1 Å². The SMILES string of the molecule is O=C1S/C(=C\c2cc(Br)c(OCc3ccccc3F)c(Br)c2)C(=O)N1Cc1ccc2ccccc2c1. The Labute approximate surface area is 228 Å². The Bertz CT molecular complexity index is 1520. The number of rotatable bonds is 6. The second-order valence-electron chi connectivity index (χ2n) is 8.14. The molecule has 0 unspecified atom stereocenters. The first-order valence-electron chi connectivity index (χ1n) is 11.0. The highest BCUT2D eigenvalue weighted by molar-refractivity contribution is 9.11. The van der Waals surface area contributed by atoms with E-state index in [1.165, 1.54) is 11.0 Å². The number of nitrogens with zero attached hydrogens (tertiary/aromatic N) is 1. The van der Waals surface area contributed by atoms with Crippen LogP contribution in [0.2, 0.25) is 0 Å². The summed E-state index contributed by atoms with van der Waals surface area (Å²) in [5.74, 6) is -0.147. The zero-order valence-corrected chi connectivity index (χ0v) is 22.7. The second-order valence-corrected chi connectivity index (χ2v) is 10.8. The smallest absolute Gasteiger partial charge is 0.293 e. The van der Waals surface area contributed by atoms with Crippen LogP contribution in [-0.2, 0) is 17.9 Å². The number of imide groups is 1. The first-order valence-corrected chi connectivity index (χ1v) is 13.4. The zero-order valence-electron chi connectivity index (χ0n) is 18.7. The van der Waals surface area contributed by atoms with E-state index in [4.69, 9.17) is 4.74 Å². The maximum absolute atomic E-state index is 13.9. The van der Waals surface area contributed by atoms with Crippen LogP contribution in [0.4, 0.5) is 9.18 Å². The lowest BCUT2D eigenvalue weighted by Gasteiger charge is -2.13. The molecule has 4 aromatic carbocycles. The summed E-state index contributed by atoms with van der Waals surface area (Å²) in [7, 11) is 0. The zero-order chi connectivity index (χ0) is 25.2. The van der Waals surface area contributed by atoms with E-state index in [0.29, 0.717) is 30.7 Å². The molecular weight excluding hydrogens is 609 g/mol. The van der Waals surface area contributed by atoms with Gasteiger partial charge < -0.3 is 4.74 Å². The Morgan fingerprint density at radius 2 is 1.58 bits per heavy atom. The summed E-state index contributed by atoms with van der Waals surface area (Å²) in [6.45, 7) is 0.278. The van der Waals surface area contributed by atoms with Crippen molar-refractivity contribution in [1.29, 1.82) is 0 Å². The predicted octanol–water partition coefficient (Wildman–Crippen LogP) is 8.32. The molecule has 0 aromatic heterocycles. The van der Waals surface area contributed by atoms with Gasteiger partial charge in [-0.3, -0.25) is 14.5 Å². The van der Waals surface area contributed by atoms with Crippen LogP contribution < -0.4 is 4.74 Å². The molecule has 0 radical (unpaired) electrons. The third-order valence-corrected chi connectivity index (χ3v) is 7.76. The number of amides is 2. The van der Waals surface area contributed by atoms with Gasteiger partial charge in [-0.1, -0.05) is 54.6 Å². The molecule has 0 N–H and O–H groups in total. The molecule has 0 bridgehead atoms. The quantitative estimate of drug-likeness (QED) is 0.202. The molecule has 4 aromatic rings. The van der Waals surface area contributed by atoms with Gasteiger partial charge in [-0.25, -0.2) is 4.39 Å². The summed E-state index contributed by atoms with van der Waals surface area (Å²) < 4.78 is 21.0. The molecule has 180 valence electrons. The van der Waals surface area contributed by atoms with Crippen LogP contribution in [0.25, 0.3) is 16.8 Å². The second kappa shape index (κ2) is 10.6. The van der Waals surface area contributed by atoms with Gasteiger partial charge in [0.1, 0.15) is 18.2 Å². The minimum absolute atomic E-state index is 0.0664. The van der Waals surface area contributed by atoms with Crippen LogP contribution in [0, 0.1) is 5.82 Å². The van der Waals surface area contributed by atoms with E-state index >= 15 is 0 Å². The van der Waals surface area contributed by atoms with Crippen molar-refractivity contribution < 1.29 is 18.7 Å². The number of hydrogen-bond acceptors (Lipinski definition) is 4. The minimum Gasteiger partial charge on any atom is -0.486 e. The fourth-order valence-electron chi connectivity index (χ4n) is 3.87. The maximum Gasteiger partial charge on any atom is 0.293 e. The number of carbonyl (C=O) groups excluding carboxylic acids is 2. The molecule has 1 aliphatic rings. The average Bonchev–Trinajstić information content (AvgIpc) is 3.11. The Hall–Kier alpha value is -2.94. The number of fused-ring (bicyclic) bond motifs is 1. The molecule has 1 aliphatic heterocycles. The predicted molar refractivity (Wildman–Crippen MR) is 148 cm³/mol. The van der Waals surface area contributed by atoms with Crippen molar-refractivity contribution in [3.63, 3.8) is 0 Å². The van der Waals surface area contributed by atoms with Gasteiger partial charge in [0.2, 0.25) is 0 Å². The van der Waals surface area contributed by atoms with E-state index in [1.807, 2.05) is 42.5 Å². The van der Waals surface area contributed by atoms with E-state index in [9.17, 15) is 14.0 Å². The molecule has 8 heteroatoms. The molecule has 2 amide bonds. The van der Waals surface area contributed by atoms with E-state index < -0.39 is 0 Å². The molecular formula is C28H18Br2FNO3S. The molecule has 1 fully saturated rings. The van der Waals surface area contributed by atoms with Crippen molar-refractivity contribution in [1.82, 2.24) is 4.90 Å². The number of benzene rings is 4. The van der Waals surface area contributed by atoms with E-state index in [1.54, 1.807) is 36.4 Å². The number of hydrogen-bond donors (Lipinski definition) is 0. The first kappa shape index (κ1) is 24.7. The Balaban J connectivity index is 1.32. The molecule has 0 saturated carbocycles. The van der Waals surface area contributed by atoms with Crippen molar-refractivity contribution >= 4 is 71.6 Å². The fourth-order valence-corrected chi connectivity index (χ4v) is 6.16. The van der Waals surface area contributed by atoms with Crippen molar-refractivity contribution in [2.75, 3.05) is 0 Å². The van der Waals surface area contributed by atoms with Crippen molar-refractivity contribution in [2.24, 2.45) is 0 Å². The number of carbonyl (C=O) groups is 2. The third-order valence-electron chi connectivity index (χ3n) is 5.68. The Kier molecular flexibility index (Phi) is 7.27. The maximum atomic E-state index is 13.9. The van der Waals surface area contributed by atoms with Crippen molar-refractivity contribution in [2.45, 2.75) is 13.2 Å². The average molecular weight is 627 g/mol. The van der Waals surface area contributed by atoms with Gasteiger partial charge in [-0.05, 0) is 95.9 Å². The summed E-state index contributed by atoms with van der Waals surface area (Å²) in [6, 6.07) is 23.9. The summed E-state index contributed by atoms with van der Waals surface area (Å²) in [4.78, 5) is 27.3. The normalized spacial score (nSPS) is 14.8.